The molecule has 0 bridgehead atoms. The normalized spacial score (nSPS) is 34.8. The molecule has 0 aliphatic carbocycles. The zero-order chi connectivity index (χ0) is 11.6. The van der Waals surface area contributed by atoms with Crippen LogP contribution >= 0.6 is 0 Å². The Morgan fingerprint density at radius 2 is 2.13 bits per heavy atom. The van der Waals surface area contributed by atoms with E-state index in [2.05, 4.69) is 4.74 Å². The first-order chi connectivity index (χ1) is 6.86. The fourth-order valence-electron chi connectivity index (χ4n) is 1.91. The van der Waals surface area contributed by atoms with Gasteiger partial charge in [0.15, 0.2) is 6.29 Å². The predicted octanol–water partition coefficient (Wildman–Crippen LogP) is 0.582. The minimum absolute atomic E-state index is 0.0776. The van der Waals surface area contributed by atoms with Crippen LogP contribution < -0.4 is 0 Å². The third-order valence-electron chi connectivity index (χ3n) is 2.40. The summed E-state index contributed by atoms with van der Waals surface area (Å²) in [5, 5.41) is 17.9. The molecule has 1 aliphatic rings. The summed E-state index contributed by atoms with van der Waals surface area (Å²) in [5.41, 5.74) is -0.785. The second kappa shape index (κ2) is 4.34. The van der Waals surface area contributed by atoms with Gasteiger partial charge in [-0.15, -0.1) is 0 Å². The van der Waals surface area contributed by atoms with Crippen LogP contribution in [-0.4, -0.2) is 47.6 Å². The molecule has 0 amide bonds. The highest BCUT2D eigenvalue weighted by Crippen LogP contribution is 2.31. The van der Waals surface area contributed by atoms with Gasteiger partial charge in [0.25, 0.3) is 0 Å². The zero-order valence-corrected chi connectivity index (χ0v) is 8.97. The lowest BCUT2D eigenvalue weighted by Crippen LogP contribution is -2.56. The molecular weight excluding hydrogens is 204 g/mol. The van der Waals surface area contributed by atoms with Crippen LogP contribution in [0.15, 0.2) is 0 Å². The number of ether oxygens (including phenoxy) is 3. The summed E-state index contributed by atoms with van der Waals surface area (Å²) < 4.78 is 15.0. The molecule has 1 rings (SSSR count). The smallest absolute Gasteiger partial charge is 0.450 e. The quantitative estimate of drug-likeness (QED) is 0.662. The van der Waals surface area contributed by atoms with Crippen molar-refractivity contribution in [1.82, 2.24) is 0 Å². The van der Waals surface area contributed by atoms with Crippen LogP contribution in [0.4, 0.5) is 4.79 Å². The number of rotatable bonds is 2. The summed E-state index contributed by atoms with van der Waals surface area (Å²) in [6.07, 6.45) is -3.58. The van der Waals surface area contributed by atoms with Gasteiger partial charge in [-0.25, -0.2) is 4.79 Å². The molecule has 0 spiro atoms. The second-order valence-electron chi connectivity index (χ2n) is 3.99. The van der Waals surface area contributed by atoms with Crippen LogP contribution in [0.25, 0.3) is 0 Å². The lowest BCUT2D eigenvalue weighted by Gasteiger charge is -2.43. The van der Waals surface area contributed by atoms with Crippen LogP contribution in [0.1, 0.15) is 20.3 Å². The fraction of sp³-hybridized carbons (Fsp3) is 0.889. The standard InChI is InChI=1S/C9H16O6/c1-9(2)7(13-3)5(14-8(11)12)4-6(10)15-9/h5-7,10H,4H2,1-3H3,(H,11,12)/t5?,6-,7?/m0/s1. The summed E-state index contributed by atoms with van der Waals surface area (Å²) in [6, 6.07) is 0. The first-order valence-electron chi connectivity index (χ1n) is 4.65. The Kier molecular flexibility index (Phi) is 3.54. The van der Waals surface area contributed by atoms with Crippen molar-refractivity contribution in [2.45, 2.75) is 44.4 Å². The molecule has 0 radical (unpaired) electrons. The van der Waals surface area contributed by atoms with Crippen LogP contribution in [0.5, 0.6) is 0 Å². The summed E-state index contributed by atoms with van der Waals surface area (Å²) in [7, 11) is 1.45. The van der Waals surface area contributed by atoms with E-state index in [-0.39, 0.29) is 6.42 Å². The molecule has 0 aromatic rings. The molecule has 3 atom stereocenters. The topological polar surface area (TPSA) is 85.2 Å². The van der Waals surface area contributed by atoms with E-state index >= 15 is 0 Å². The van der Waals surface area contributed by atoms with Crippen LogP contribution in [0.3, 0.4) is 0 Å². The van der Waals surface area contributed by atoms with Gasteiger partial charge in [0.05, 0.1) is 5.60 Å². The van der Waals surface area contributed by atoms with Gasteiger partial charge in [0.1, 0.15) is 12.2 Å². The van der Waals surface area contributed by atoms with Crippen molar-refractivity contribution < 1.29 is 29.2 Å². The summed E-state index contributed by atoms with van der Waals surface area (Å²) >= 11 is 0. The Morgan fingerprint density at radius 1 is 1.53 bits per heavy atom. The average molecular weight is 220 g/mol. The van der Waals surface area contributed by atoms with Crippen molar-refractivity contribution in [1.29, 1.82) is 0 Å². The Labute approximate surface area is 87.7 Å². The molecule has 1 heterocycles. The Hall–Kier alpha value is -0.850. The van der Waals surface area contributed by atoms with Crippen molar-refractivity contribution in [2.24, 2.45) is 0 Å². The third kappa shape index (κ3) is 2.80. The molecule has 2 unspecified atom stereocenters. The van der Waals surface area contributed by atoms with E-state index in [1.807, 2.05) is 0 Å². The van der Waals surface area contributed by atoms with Gasteiger partial charge in [-0.05, 0) is 13.8 Å². The Balaban J connectivity index is 2.78. The molecule has 6 nitrogen and oxygen atoms in total. The van der Waals surface area contributed by atoms with Crippen LogP contribution in [-0.2, 0) is 14.2 Å². The molecule has 6 heteroatoms. The first kappa shape index (κ1) is 12.2. The highest BCUT2D eigenvalue weighted by Gasteiger charge is 2.46. The Bertz CT molecular complexity index is 239. The van der Waals surface area contributed by atoms with E-state index in [0.29, 0.717) is 0 Å². The van der Waals surface area contributed by atoms with Crippen LogP contribution in [0.2, 0.25) is 0 Å². The monoisotopic (exact) mass is 220 g/mol. The van der Waals surface area contributed by atoms with E-state index in [0.717, 1.165) is 0 Å². The van der Waals surface area contributed by atoms with Gasteiger partial charge in [-0.1, -0.05) is 0 Å². The number of hydrogen-bond donors (Lipinski definition) is 2. The Morgan fingerprint density at radius 3 is 2.60 bits per heavy atom. The fourth-order valence-corrected chi connectivity index (χ4v) is 1.91. The van der Waals surface area contributed by atoms with E-state index in [1.54, 1.807) is 13.8 Å². The number of carbonyl (C=O) groups is 1. The third-order valence-corrected chi connectivity index (χ3v) is 2.40. The van der Waals surface area contributed by atoms with Crippen molar-refractivity contribution in [3.8, 4) is 0 Å². The van der Waals surface area contributed by atoms with Crippen molar-refractivity contribution in [3.05, 3.63) is 0 Å². The molecular formula is C9H16O6. The largest absolute Gasteiger partial charge is 0.506 e. The van der Waals surface area contributed by atoms with Gasteiger partial charge in [-0.2, -0.15) is 0 Å². The molecule has 15 heavy (non-hydrogen) atoms. The molecule has 2 N–H and O–H groups in total. The highest BCUT2D eigenvalue weighted by atomic mass is 16.7. The zero-order valence-electron chi connectivity index (χ0n) is 8.97. The summed E-state index contributed by atoms with van der Waals surface area (Å²) in [5.74, 6) is 0. The first-order valence-corrected chi connectivity index (χ1v) is 4.65. The lowest BCUT2D eigenvalue weighted by atomic mass is 9.91. The van der Waals surface area contributed by atoms with E-state index in [1.165, 1.54) is 7.11 Å². The minimum atomic E-state index is -1.38. The summed E-state index contributed by atoms with van der Waals surface area (Å²) in [4.78, 5) is 10.4. The number of aliphatic hydroxyl groups excluding tert-OH is 1. The predicted molar refractivity (Wildman–Crippen MR) is 49.5 cm³/mol. The highest BCUT2D eigenvalue weighted by molar-refractivity contribution is 5.57. The SMILES string of the molecule is COC1C(OC(=O)O)C[C@@H](O)OC1(C)C. The second-order valence-corrected chi connectivity index (χ2v) is 3.99. The molecule has 1 fully saturated rings. The summed E-state index contributed by atoms with van der Waals surface area (Å²) in [6.45, 7) is 3.42. The minimum Gasteiger partial charge on any atom is -0.450 e. The maximum absolute atomic E-state index is 10.4. The van der Waals surface area contributed by atoms with Crippen molar-refractivity contribution in [2.75, 3.05) is 7.11 Å². The maximum Gasteiger partial charge on any atom is 0.506 e. The number of hydrogen-bond acceptors (Lipinski definition) is 5. The van der Waals surface area contributed by atoms with Gasteiger partial charge in [-0.3, -0.25) is 0 Å². The molecule has 88 valence electrons. The van der Waals surface area contributed by atoms with Crippen molar-refractivity contribution in [3.63, 3.8) is 0 Å². The molecule has 0 saturated carbocycles. The number of aliphatic hydroxyl groups is 1. The molecule has 0 aromatic carbocycles. The molecule has 1 aliphatic heterocycles. The van der Waals surface area contributed by atoms with Gasteiger partial charge < -0.3 is 24.4 Å². The van der Waals surface area contributed by atoms with Gasteiger partial charge >= 0.3 is 6.16 Å². The average Bonchev–Trinajstić information content (AvgIpc) is 1.99. The van der Waals surface area contributed by atoms with E-state index < -0.39 is 30.3 Å². The number of carboxylic acid groups (broad SMARTS) is 1. The van der Waals surface area contributed by atoms with Crippen molar-refractivity contribution >= 4 is 6.16 Å². The maximum atomic E-state index is 10.4. The number of methoxy groups -OCH3 is 1. The van der Waals surface area contributed by atoms with Gasteiger partial charge in [0, 0.05) is 13.5 Å². The lowest BCUT2D eigenvalue weighted by molar-refractivity contribution is -0.273. The molecule has 0 aromatic heterocycles. The van der Waals surface area contributed by atoms with E-state index in [9.17, 15) is 9.90 Å². The molecule has 1 saturated heterocycles. The van der Waals surface area contributed by atoms with E-state index in [4.69, 9.17) is 14.6 Å². The van der Waals surface area contributed by atoms with Crippen LogP contribution in [0, 0.1) is 0 Å². The van der Waals surface area contributed by atoms with Gasteiger partial charge in [0.2, 0.25) is 0 Å².